The first-order valence-electron chi connectivity index (χ1n) is 6.36. The minimum Gasteiger partial charge on any atom is -0.461 e. The molecule has 0 fully saturated rings. The van der Waals surface area contributed by atoms with Gasteiger partial charge < -0.3 is 4.74 Å². The predicted molar refractivity (Wildman–Crippen MR) is 72.8 cm³/mol. The van der Waals surface area contributed by atoms with Crippen molar-refractivity contribution in [2.45, 2.75) is 39.5 Å². The zero-order valence-corrected chi connectivity index (χ0v) is 11.6. The highest BCUT2D eigenvalue weighted by Gasteiger charge is 2.23. The van der Waals surface area contributed by atoms with E-state index in [0.29, 0.717) is 12.1 Å². The van der Waals surface area contributed by atoms with Crippen molar-refractivity contribution >= 4 is 17.5 Å². The van der Waals surface area contributed by atoms with Crippen LogP contribution in [0.3, 0.4) is 0 Å². The lowest BCUT2D eigenvalue weighted by atomic mass is 9.91. The van der Waals surface area contributed by atoms with Crippen LogP contribution in [-0.2, 0) is 14.3 Å². The second kappa shape index (κ2) is 9.57. The number of aliphatic imine (C=N–C) groups is 1. The Kier molecular flexibility index (Phi) is 8.80. The molecule has 0 spiro atoms. The lowest BCUT2D eigenvalue weighted by Crippen LogP contribution is -2.26. The summed E-state index contributed by atoms with van der Waals surface area (Å²) < 4.78 is 4.95. The molecular weight excluding hydrogens is 230 g/mol. The highest BCUT2D eigenvalue weighted by molar-refractivity contribution is 6.40. The van der Waals surface area contributed by atoms with Crippen LogP contribution in [0.4, 0.5) is 0 Å². The Morgan fingerprint density at radius 1 is 1.39 bits per heavy atom. The highest BCUT2D eigenvalue weighted by Crippen LogP contribution is 2.16. The number of rotatable bonds is 9. The third-order valence-corrected chi connectivity index (χ3v) is 2.65. The fourth-order valence-corrected chi connectivity index (χ4v) is 1.81. The molecule has 102 valence electrons. The summed E-state index contributed by atoms with van der Waals surface area (Å²) in [5.74, 6) is -0.435. The molecule has 0 aromatic carbocycles. The smallest absolute Gasteiger partial charge is 0.306 e. The maximum absolute atomic E-state index is 11.8. The number of ketones is 1. The Morgan fingerprint density at radius 3 is 2.50 bits per heavy atom. The van der Waals surface area contributed by atoms with E-state index in [2.05, 4.69) is 11.6 Å². The number of hydrogen-bond acceptors (Lipinski definition) is 4. The molecule has 4 heteroatoms. The summed E-state index contributed by atoms with van der Waals surface area (Å²) in [5.41, 5.74) is 0.509. The third-order valence-electron chi connectivity index (χ3n) is 2.65. The molecule has 0 aromatic heterocycles. The van der Waals surface area contributed by atoms with E-state index in [4.69, 9.17) is 4.74 Å². The van der Waals surface area contributed by atoms with Crippen molar-refractivity contribution in [2.24, 2.45) is 10.9 Å². The standard InChI is InChI=1S/C14H23NO3/c1-5-8-11(10-13(17)18-9-6-2)14(15-4)12(16)7-3/h6,11H,2,5,7-10H2,1,3-4H3/t11-/m1/s1. The number of carbonyl (C=O) groups is 2. The zero-order valence-electron chi connectivity index (χ0n) is 11.6. The first kappa shape index (κ1) is 16.6. The van der Waals surface area contributed by atoms with Crippen molar-refractivity contribution in [3.63, 3.8) is 0 Å². The van der Waals surface area contributed by atoms with E-state index in [1.165, 1.54) is 6.08 Å². The minimum atomic E-state index is -0.307. The normalized spacial score (nSPS) is 12.9. The van der Waals surface area contributed by atoms with Gasteiger partial charge in [-0.3, -0.25) is 14.6 Å². The highest BCUT2D eigenvalue weighted by atomic mass is 16.5. The summed E-state index contributed by atoms with van der Waals surface area (Å²) in [7, 11) is 1.60. The first-order chi connectivity index (χ1) is 8.60. The Morgan fingerprint density at radius 2 is 2.06 bits per heavy atom. The van der Waals surface area contributed by atoms with Crippen LogP contribution in [0.25, 0.3) is 0 Å². The molecule has 0 aliphatic heterocycles. The number of esters is 1. The van der Waals surface area contributed by atoms with Gasteiger partial charge in [-0.2, -0.15) is 0 Å². The first-order valence-corrected chi connectivity index (χ1v) is 6.36. The second-order valence-corrected chi connectivity index (χ2v) is 4.05. The Balaban J connectivity index is 4.68. The summed E-state index contributed by atoms with van der Waals surface area (Å²) in [6.07, 6.45) is 3.81. The monoisotopic (exact) mass is 253 g/mol. The molecule has 4 nitrogen and oxygen atoms in total. The average molecular weight is 253 g/mol. The van der Waals surface area contributed by atoms with Gasteiger partial charge in [0.05, 0.1) is 12.1 Å². The molecule has 0 amide bonds. The van der Waals surface area contributed by atoms with Gasteiger partial charge in [-0.15, -0.1) is 0 Å². The van der Waals surface area contributed by atoms with Crippen molar-refractivity contribution < 1.29 is 14.3 Å². The molecule has 0 unspecified atom stereocenters. The number of ether oxygens (including phenoxy) is 1. The van der Waals surface area contributed by atoms with Gasteiger partial charge in [0.25, 0.3) is 0 Å². The van der Waals surface area contributed by atoms with Crippen molar-refractivity contribution in [3.05, 3.63) is 12.7 Å². The van der Waals surface area contributed by atoms with Crippen molar-refractivity contribution in [3.8, 4) is 0 Å². The summed E-state index contributed by atoms with van der Waals surface area (Å²) in [5, 5.41) is 0. The number of nitrogens with zero attached hydrogens (tertiary/aromatic N) is 1. The molecule has 0 saturated carbocycles. The van der Waals surface area contributed by atoms with E-state index in [-0.39, 0.29) is 30.7 Å². The van der Waals surface area contributed by atoms with Crippen LogP contribution in [0, 0.1) is 5.92 Å². The van der Waals surface area contributed by atoms with Gasteiger partial charge in [-0.05, 0) is 6.42 Å². The number of hydrogen-bond donors (Lipinski definition) is 0. The fraction of sp³-hybridized carbons (Fsp3) is 0.643. The second-order valence-electron chi connectivity index (χ2n) is 4.05. The Bertz CT molecular complexity index is 321. The van der Waals surface area contributed by atoms with Crippen LogP contribution >= 0.6 is 0 Å². The number of Topliss-reactive ketones (excluding diaryl/α,β-unsaturated/α-hetero) is 1. The summed E-state index contributed by atoms with van der Waals surface area (Å²) in [6, 6.07) is 0. The maximum Gasteiger partial charge on any atom is 0.306 e. The van der Waals surface area contributed by atoms with Gasteiger partial charge in [0.2, 0.25) is 0 Å². The van der Waals surface area contributed by atoms with E-state index in [9.17, 15) is 9.59 Å². The van der Waals surface area contributed by atoms with Crippen LogP contribution < -0.4 is 0 Å². The van der Waals surface area contributed by atoms with E-state index in [1.54, 1.807) is 14.0 Å². The molecule has 0 radical (unpaired) electrons. The van der Waals surface area contributed by atoms with Gasteiger partial charge in [-0.1, -0.05) is 32.9 Å². The van der Waals surface area contributed by atoms with Gasteiger partial charge >= 0.3 is 5.97 Å². The van der Waals surface area contributed by atoms with Crippen LogP contribution in [-0.4, -0.2) is 31.1 Å². The molecule has 0 aliphatic rings. The van der Waals surface area contributed by atoms with Gasteiger partial charge in [0.1, 0.15) is 6.61 Å². The summed E-state index contributed by atoms with van der Waals surface area (Å²) in [6.45, 7) is 7.51. The van der Waals surface area contributed by atoms with Crippen molar-refractivity contribution in [2.75, 3.05) is 13.7 Å². The maximum atomic E-state index is 11.8. The Labute approximate surface area is 109 Å². The SMILES string of the molecule is C=CCOC(=O)C[C@@H](CCC)C(=NC)C(=O)CC. The molecular formula is C14H23NO3. The Hall–Kier alpha value is -1.45. The molecule has 0 aromatic rings. The largest absolute Gasteiger partial charge is 0.461 e. The van der Waals surface area contributed by atoms with Gasteiger partial charge in [0.15, 0.2) is 5.78 Å². The van der Waals surface area contributed by atoms with Crippen LogP contribution in [0.15, 0.2) is 17.6 Å². The predicted octanol–water partition coefficient (Wildman–Crippen LogP) is 2.57. The topological polar surface area (TPSA) is 55.7 Å². The summed E-state index contributed by atoms with van der Waals surface area (Å²) in [4.78, 5) is 27.4. The molecule has 0 aliphatic carbocycles. The lowest BCUT2D eigenvalue weighted by molar-refractivity contribution is -0.143. The summed E-state index contributed by atoms with van der Waals surface area (Å²) >= 11 is 0. The van der Waals surface area contributed by atoms with Crippen molar-refractivity contribution in [1.29, 1.82) is 0 Å². The third kappa shape index (κ3) is 5.75. The van der Waals surface area contributed by atoms with Gasteiger partial charge in [0, 0.05) is 19.4 Å². The van der Waals surface area contributed by atoms with Crippen LogP contribution in [0.2, 0.25) is 0 Å². The van der Waals surface area contributed by atoms with Crippen molar-refractivity contribution in [1.82, 2.24) is 0 Å². The quantitative estimate of drug-likeness (QED) is 0.360. The van der Waals surface area contributed by atoms with Gasteiger partial charge in [-0.25, -0.2) is 0 Å². The molecule has 0 rings (SSSR count). The molecule has 0 heterocycles. The van der Waals surface area contributed by atoms with E-state index in [1.807, 2.05) is 6.92 Å². The molecule has 18 heavy (non-hydrogen) atoms. The molecule has 0 bridgehead atoms. The average Bonchev–Trinajstić information content (AvgIpc) is 2.37. The number of carbonyl (C=O) groups excluding carboxylic acids is 2. The molecule has 0 N–H and O–H groups in total. The van der Waals surface area contributed by atoms with E-state index in [0.717, 1.165) is 12.8 Å². The van der Waals surface area contributed by atoms with Crippen LogP contribution in [0.1, 0.15) is 39.5 Å². The van der Waals surface area contributed by atoms with Crippen LogP contribution in [0.5, 0.6) is 0 Å². The zero-order chi connectivity index (χ0) is 14.0. The molecule has 1 atom stereocenters. The molecule has 0 saturated heterocycles. The lowest BCUT2D eigenvalue weighted by Gasteiger charge is -2.16. The minimum absolute atomic E-state index is 0.00692. The van der Waals surface area contributed by atoms with E-state index >= 15 is 0 Å². The fourth-order valence-electron chi connectivity index (χ4n) is 1.81. The van der Waals surface area contributed by atoms with E-state index < -0.39 is 0 Å².